The van der Waals surface area contributed by atoms with Crippen LogP contribution in [0.4, 0.5) is 0 Å². The standard InChI is InChI=1S/C14H22O2/c1-13(2)7-4-8-14(3)10(9-15)11(16)5-6-12(13)14/h9,12,15H,4-8H2,1-3H3/b10-9+/t12-,14+/m0/s1/i10+1. The number of carbonyl (C=O) groups is 1. The van der Waals surface area contributed by atoms with Crippen LogP contribution >= 0.6 is 0 Å². The van der Waals surface area contributed by atoms with E-state index in [1.165, 1.54) is 6.42 Å². The van der Waals surface area contributed by atoms with Crippen molar-refractivity contribution in [3.05, 3.63) is 11.8 Å². The molecule has 0 unspecified atom stereocenters. The smallest absolute Gasteiger partial charge is 0.162 e. The summed E-state index contributed by atoms with van der Waals surface area (Å²) in [6.07, 6.45) is 6.11. The molecule has 16 heavy (non-hydrogen) atoms. The van der Waals surface area contributed by atoms with E-state index in [0.717, 1.165) is 25.5 Å². The van der Waals surface area contributed by atoms with Gasteiger partial charge in [-0.25, -0.2) is 0 Å². The summed E-state index contributed by atoms with van der Waals surface area (Å²) in [6, 6.07) is 0. The lowest BCUT2D eigenvalue weighted by atomic mass is 9.55. The molecule has 2 aliphatic rings. The highest BCUT2D eigenvalue weighted by Gasteiger charge is 2.52. The Morgan fingerprint density at radius 1 is 1.31 bits per heavy atom. The molecule has 2 fully saturated rings. The minimum Gasteiger partial charge on any atom is -0.515 e. The Morgan fingerprint density at radius 2 is 2.00 bits per heavy atom. The zero-order valence-corrected chi connectivity index (χ0v) is 10.5. The fraction of sp³-hybridized carbons (Fsp3) is 0.786. The van der Waals surface area contributed by atoms with Crippen LogP contribution in [0.1, 0.15) is 52.9 Å². The molecule has 0 amide bonds. The Labute approximate surface area is 97.7 Å². The summed E-state index contributed by atoms with van der Waals surface area (Å²) >= 11 is 0. The Kier molecular flexibility index (Phi) is 2.64. The number of aliphatic hydroxyl groups excluding tert-OH is 1. The van der Waals surface area contributed by atoms with Crippen molar-refractivity contribution in [2.75, 3.05) is 0 Å². The van der Waals surface area contributed by atoms with Crippen LogP contribution in [0.2, 0.25) is 0 Å². The number of allylic oxidation sites excluding steroid dienone is 1. The highest BCUT2D eigenvalue weighted by atomic mass is 16.2. The van der Waals surface area contributed by atoms with Crippen LogP contribution < -0.4 is 0 Å². The average Bonchev–Trinajstić information content (AvgIpc) is 2.15. The maximum absolute atomic E-state index is 11.9. The number of aliphatic hydroxyl groups is 1. The second-order valence-corrected chi connectivity index (χ2v) is 6.32. The summed E-state index contributed by atoms with van der Waals surface area (Å²) in [6.45, 7) is 6.78. The summed E-state index contributed by atoms with van der Waals surface area (Å²) in [5, 5.41) is 9.35. The van der Waals surface area contributed by atoms with Crippen molar-refractivity contribution in [2.45, 2.75) is 52.9 Å². The first kappa shape index (κ1) is 11.7. The van der Waals surface area contributed by atoms with Crippen molar-refractivity contribution >= 4 is 5.78 Å². The lowest BCUT2D eigenvalue weighted by Crippen LogP contribution is -2.47. The average molecular weight is 223 g/mol. The van der Waals surface area contributed by atoms with Crippen LogP contribution in [-0.2, 0) is 4.79 Å². The first-order chi connectivity index (χ1) is 7.42. The Morgan fingerprint density at radius 3 is 2.62 bits per heavy atom. The Balaban J connectivity index is 2.43. The number of Topliss-reactive ketones (excluding diaryl/α,β-unsaturated/α-hetero) is 1. The van der Waals surface area contributed by atoms with Gasteiger partial charge in [-0.3, -0.25) is 4.79 Å². The molecule has 0 radical (unpaired) electrons. The molecule has 2 heteroatoms. The van der Waals surface area contributed by atoms with E-state index in [1.54, 1.807) is 0 Å². The van der Waals surface area contributed by atoms with Crippen molar-refractivity contribution in [1.82, 2.24) is 0 Å². The van der Waals surface area contributed by atoms with Crippen LogP contribution in [0.5, 0.6) is 0 Å². The molecule has 2 saturated carbocycles. The molecular weight excluding hydrogens is 201 g/mol. The quantitative estimate of drug-likeness (QED) is 0.387. The third kappa shape index (κ3) is 1.50. The molecule has 2 aliphatic carbocycles. The first-order valence-electron chi connectivity index (χ1n) is 6.30. The van der Waals surface area contributed by atoms with E-state index in [0.29, 0.717) is 23.3 Å². The summed E-state index contributed by atoms with van der Waals surface area (Å²) in [5.74, 6) is 0.684. The molecular formula is C14H22O2. The highest BCUT2D eigenvalue weighted by Crippen LogP contribution is 2.58. The van der Waals surface area contributed by atoms with Gasteiger partial charge < -0.3 is 5.11 Å². The van der Waals surface area contributed by atoms with E-state index in [1.807, 2.05) is 0 Å². The molecule has 0 bridgehead atoms. The number of carbonyl (C=O) groups excluding carboxylic acids is 1. The molecule has 0 aromatic carbocycles. The summed E-state index contributed by atoms with van der Waals surface area (Å²) in [7, 11) is 0. The molecule has 0 aromatic heterocycles. The van der Waals surface area contributed by atoms with Crippen LogP contribution in [0.15, 0.2) is 11.8 Å². The Hall–Kier alpha value is -0.790. The van der Waals surface area contributed by atoms with Gasteiger partial charge >= 0.3 is 0 Å². The molecule has 2 nitrogen and oxygen atoms in total. The molecule has 90 valence electrons. The third-order valence-electron chi connectivity index (χ3n) is 4.93. The number of fused-ring (bicyclic) bond motifs is 1. The number of hydrogen-bond acceptors (Lipinski definition) is 2. The van der Waals surface area contributed by atoms with Gasteiger partial charge in [0, 0.05) is 17.4 Å². The first-order valence-corrected chi connectivity index (χ1v) is 6.30. The van der Waals surface area contributed by atoms with Crippen LogP contribution in [0, 0.1) is 16.7 Å². The zero-order chi connectivity index (χ0) is 12.0. The van der Waals surface area contributed by atoms with Crippen LogP contribution in [-0.4, -0.2) is 10.9 Å². The van der Waals surface area contributed by atoms with Gasteiger partial charge in [-0.1, -0.05) is 27.2 Å². The van der Waals surface area contributed by atoms with Crippen molar-refractivity contribution in [3.8, 4) is 0 Å². The lowest BCUT2D eigenvalue weighted by Gasteiger charge is -2.53. The summed E-state index contributed by atoms with van der Waals surface area (Å²) < 4.78 is 0. The SMILES string of the molecule is CC1(C)CCC[C@@]2(C)[C@H]1CCC(=O)/[13C]2=C\O. The van der Waals surface area contributed by atoms with Gasteiger partial charge in [0.25, 0.3) is 0 Å². The molecule has 0 aliphatic heterocycles. The maximum Gasteiger partial charge on any atom is 0.162 e. The van der Waals surface area contributed by atoms with Gasteiger partial charge in [0.05, 0.1) is 6.26 Å². The maximum atomic E-state index is 11.9. The van der Waals surface area contributed by atoms with Crippen molar-refractivity contribution in [3.63, 3.8) is 0 Å². The van der Waals surface area contributed by atoms with E-state index >= 15 is 0 Å². The van der Waals surface area contributed by atoms with Crippen LogP contribution in [0.25, 0.3) is 0 Å². The van der Waals surface area contributed by atoms with Gasteiger partial charge in [0.1, 0.15) is 0 Å². The molecule has 2 rings (SSSR count). The molecule has 0 heterocycles. The fourth-order valence-electron chi connectivity index (χ4n) is 4.10. The Bertz CT molecular complexity index is 341. The van der Waals surface area contributed by atoms with E-state index < -0.39 is 0 Å². The van der Waals surface area contributed by atoms with E-state index in [2.05, 4.69) is 20.8 Å². The fourth-order valence-corrected chi connectivity index (χ4v) is 4.10. The van der Waals surface area contributed by atoms with Crippen molar-refractivity contribution in [1.29, 1.82) is 0 Å². The lowest BCUT2D eigenvalue weighted by molar-refractivity contribution is -0.122. The van der Waals surface area contributed by atoms with Gasteiger partial charge in [-0.15, -0.1) is 0 Å². The van der Waals surface area contributed by atoms with Crippen LogP contribution in [0.3, 0.4) is 0 Å². The van der Waals surface area contributed by atoms with E-state index in [4.69, 9.17) is 0 Å². The van der Waals surface area contributed by atoms with Gasteiger partial charge in [0.15, 0.2) is 5.78 Å². The monoisotopic (exact) mass is 223 g/mol. The zero-order valence-electron chi connectivity index (χ0n) is 10.5. The highest BCUT2D eigenvalue weighted by molar-refractivity contribution is 5.97. The van der Waals surface area contributed by atoms with Gasteiger partial charge in [-0.05, 0) is 30.6 Å². The topological polar surface area (TPSA) is 37.3 Å². The molecule has 0 aromatic rings. The molecule has 0 spiro atoms. The normalized spacial score (nSPS) is 40.8. The summed E-state index contributed by atoms with van der Waals surface area (Å²) in [5.41, 5.74) is 0.880. The third-order valence-corrected chi connectivity index (χ3v) is 4.93. The summed E-state index contributed by atoms with van der Waals surface area (Å²) in [4.78, 5) is 11.9. The largest absolute Gasteiger partial charge is 0.515 e. The second kappa shape index (κ2) is 3.61. The van der Waals surface area contributed by atoms with Crippen molar-refractivity contribution in [2.24, 2.45) is 16.7 Å². The molecule has 0 saturated heterocycles. The number of ketones is 1. The van der Waals surface area contributed by atoms with Gasteiger partial charge in [0.2, 0.25) is 0 Å². The van der Waals surface area contributed by atoms with E-state index in [9.17, 15) is 9.90 Å². The minimum atomic E-state index is -0.0914. The number of hydrogen-bond donors (Lipinski definition) is 1. The van der Waals surface area contributed by atoms with Crippen molar-refractivity contribution < 1.29 is 9.90 Å². The second-order valence-electron chi connectivity index (χ2n) is 6.32. The predicted octanol–water partition coefficient (Wildman–Crippen LogP) is 3.62. The number of rotatable bonds is 0. The minimum absolute atomic E-state index is 0.0914. The van der Waals surface area contributed by atoms with E-state index in [-0.39, 0.29) is 11.2 Å². The predicted molar refractivity (Wildman–Crippen MR) is 64.2 cm³/mol. The molecule has 1 N–H and O–H groups in total. The molecule has 2 atom stereocenters. The van der Waals surface area contributed by atoms with Gasteiger partial charge in [-0.2, -0.15) is 0 Å².